The summed E-state index contributed by atoms with van der Waals surface area (Å²) in [6.07, 6.45) is 3.28. The van der Waals surface area contributed by atoms with Crippen LogP contribution in [0.25, 0.3) is 0 Å². The maximum absolute atomic E-state index is 4.96. The van der Waals surface area contributed by atoms with E-state index in [9.17, 15) is 0 Å². The fourth-order valence-corrected chi connectivity index (χ4v) is 1.39. The number of thiocarbonyl (C=S) groups is 1. The summed E-state index contributed by atoms with van der Waals surface area (Å²) < 4.78 is 4.93. The molecule has 0 saturated heterocycles. The lowest BCUT2D eigenvalue weighted by atomic mass is 10.2. The third-order valence-electron chi connectivity index (χ3n) is 2.23. The molecule has 0 aliphatic carbocycles. The number of methoxy groups -OCH3 is 1. The van der Waals surface area contributed by atoms with Crippen molar-refractivity contribution in [2.24, 2.45) is 0 Å². The minimum absolute atomic E-state index is 0.736. The Morgan fingerprint density at radius 3 is 2.31 bits per heavy atom. The summed E-state index contributed by atoms with van der Waals surface area (Å²) in [6, 6.07) is 0. The van der Waals surface area contributed by atoms with Crippen molar-refractivity contribution >= 4 is 17.3 Å². The zero-order chi connectivity index (χ0) is 10.1. The first kappa shape index (κ1) is 12.8. The van der Waals surface area contributed by atoms with Crippen molar-refractivity contribution in [2.45, 2.75) is 33.1 Å². The lowest BCUT2D eigenvalue weighted by Gasteiger charge is -2.17. The molecule has 2 nitrogen and oxygen atoms in total. The van der Waals surface area contributed by atoms with E-state index in [2.05, 4.69) is 18.7 Å². The van der Waals surface area contributed by atoms with Crippen LogP contribution in [0.1, 0.15) is 33.1 Å². The van der Waals surface area contributed by atoms with E-state index >= 15 is 0 Å². The number of rotatable bonds is 7. The van der Waals surface area contributed by atoms with Gasteiger partial charge < -0.3 is 9.64 Å². The quantitative estimate of drug-likeness (QED) is 0.466. The molecule has 78 valence electrons. The van der Waals surface area contributed by atoms with E-state index in [-0.39, 0.29) is 0 Å². The van der Waals surface area contributed by atoms with Crippen LogP contribution in [0, 0.1) is 0 Å². The normalized spacial score (nSPS) is 10.5. The molecule has 0 aromatic carbocycles. The Hall–Kier alpha value is -0.150. The molecule has 0 aromatic rings. The topological polar surface area (TPSA) is 12.5 Å². The molecule has 0 saturated carbocycles. The minimum atomic E-state index is 0.736. The summed E-state index contributed by atoms with van der Waals surface area (Å²) in [5.41, 5.74) is 0. The summed E-state index contributed by atoms with van der Waals surface area (Å²) in [7, 11) is 1.65. The van der Waals surface area contributed by atoms with Crippen molar-refractivity contribution in [1.29, 1.82) is 0 Å². The number of hydrogen-bond acceptors (Lipinski definition) is 3. The van der Waals surface area contributed by atoms with Gasteiger partial charge in [0.25, 0.3) is 0 Å². The second kappa shape index (κ2) is 8.45. The van der Waals surface area contributed by atoms with Crippen LogP contribution in [0.15, 0.2) is 0 Å². The van der Waals surface area contributed by atoms with Gasteiger partial charge in [-0.1, -0.05) is 13.8 Å². The molecular weight excluding hydrogens is 182 g/mol. The molecule has 0 N–H and O–H groups in total. The van der Waals surface area contributed by atoms with Crippen LogP contribution in [0.4, 0.5) is 0 Å². The van der Waals surface area contributed by atoms with Crippen molar-refractivity contribution in [1.82, 2.24) is 4.90 Å². The average Bonchev–Trinajstić information content (AvgIpc) is 2.18. The first-order chi connectivity index (χ1) is 6.24. The number of nitrogens with zero attached hydrogens (tertiary/aromatic N) is 1. The van der Waals surface area contributed by atoms with E-state index in [1.54, 1.807) is 7.11 Å². The Morgan fingerprint density at radius 2 is 1.85 bits per heavy atom. The van der Waals surface area contributed by atoms with Crippen LogP contribution in [0.2, 0.25) is 0 Å². The molecule has 0 heterocycles. The standard InChI is InChI=1S/C10H21NOS/c1-4-11(5-2)9-7-6-8-10(13)12-3/h4-9H2,1-3H3. The molecule has 0 rings (SSSR count). The third-order valence-corrected chi connectivity index (χ3v) is 2.60. The lowest BCUT2D eigenvalue weighted by molar-refractivity contribution is 0.296. The Balaban J connectivity index is 3.28. The highest BCUT2D eigenvalue weighted by atomic mass is 32.1. The molecule has 3 heteroatoms. The molecule has 0 bridgehead atoms. The van der Waals surface area contributed by atoms with E-state index in [1.807, 2.05) is 0 Å². The summed E-state index contributed by atoms with van der Waals surface area (Å²) in [6.45, 7) is 7.86. The van der Waals surface area contributed by atoms with E-state index < -0.39 is 0 Å². The monoisotopic (exact) mass is 203 g/mol. The van der Waals surface area contributed by atoms with Gasteiger partial charge in [0, 0.05) is 6.42 Å². The zero-order valence-corrected chi connectivity index (χ0v) is 9.82. The van der Waals surface area contributed by atoms with Gasteiger partial charge in [0.1, 0.15) is 0 Å². The molecule has 0 radical (unpaired) electrons. The van der Waals surface area contributed by atoms with Gasteiger partial charge in [0.2, 0.25) is 0 Å². The molecule has 0 spiro atoms. The Morgan fingerprint density at radius 1 is 1.23 bits per heavy atom. The fraction of sp³-hybridized carbons (Fsp3) is 0.900. The zero-order valence-electron chi connectivity index (χ0n) is 9.01. The predicted octanol–water partition coefficient (Wildman–Crippen LogP) is 2.47. The van der Waals surface area contributed by atoms with E-state index in [4.69, 9.17) is 17.0 Å². The van der Waals surface area contributed by atoms with Crippen LogP contribution in [-0.2, 0) is 4.74 Å². The summed E-state index contributed by atoms with van der Waals surface area (Å²) in [5, 5.41) is 0.736. The van der Waals surface area contributed by atoms with Gasteiger partial charge in [0.05, 0.1) is 7.11 Å². The van der Waals surface area contributed by atoms with Crippen LogP contribution < -0.4 is 0 Å². The molecule has 0 fully saturated rings. The van der Waals surface area contributed by atoms with Crippen molar-refractivity contribution < 1.29 is 4.74 Å². The summed E-state index contributed by atoms with van der Waals surface area (Å²) in [4.78, 5) is 2.43. The largest absolute Gasteiger partial charge is 0.490 e. The number of hydrogen-bond donors (Lipinski definition) is 0. The summed E-state index contributed by atoms with van der Waals surface area (Å²) >= 11 is 4.96. The molecule has 0 aromatic heterocycles. The number of unbranched alkanes of at least 4 members (excludes halogenated alkanes) is 1. The van der Waals surface area contributed by atoms with E-state index in [0.29, 0.717) is 0 Å². The first-order valence-electron chi connectivity index (χ1n) is 5.03. The van der Waals surface area contributed by atoms with Gasteiger partial charge in [-0.25, -0.2) is 0 Å². The van der Waals surface area contributed by atoms with Crippen molar-refractivity contribution in [3.8, 4) is 0 Å². The molecule has 13 heavy (non-hydrogen) atoms. The van der Waals surface area contributed by atoms with Crippen LogP contribution in [0.5, 0.6) is 0 Å². The van der Waals surface area contributed by atoms with Gasteiger partial charge in [0.15, 0.2) is 5.05 Å². The van der Waals surface area contributed by atoms with Crippen molar-refractivity contribution in [3.05, 3.63) is 0 Å². The van der Waals surface area contributed by atoms with Gasteiger partial charge in [-0.15, -0.1) is 0 Å². The Labute approximate surface area is 87.3 Å². The molecule has 0 aliphatic rings. The predicted molar refractivity (Wildman–Crippen MR) is 61.2 cm³/mol. The molecule has 0 aliphatic heterocycles. The van der Waals surface area contributed by atoms with Crippen molar-refractivity contribution in [2.75, 3.05) is 26.7 Å². The summed E-state index contributed by atoms with van der Waals surface area (Å²) in [5.74, 6) is 0. The van der Waals surface area contributed by atoms with Crippen LogP contribution in [0.3, 0.4) is 0 Å². The van der Waals surface area contributed by atoms with Gasteiger partial charge in [-0.2, -0.15) is 0 Å². The second-order valence-corrected chi connectivity index (χ2v) is 3.52. The fourth-order valence-electron chi connectivity index (χ4n) is 1.25. The molecular formula is C10H21NOS. The molecule has 0 atom stereocenters. The average molecular weight is 203 g/mol. The van der Waals surface area contributed by atoms with E-state index in [1.165, 1.54) is 13.0 Å². The third kappa shape index (κ3) is 6.96. The maximum Gasteiger partial charge on any atom is 0.159 e. The SMILES string of the molecule is CCN(CC)CCCCC(=S)OC. The van der Waals surface area contributed by atoms with Crippen LogP contribution in [-0.4, -0.2) is 36.7 Å². The first-order valence-corrected chi connectivity index (χ1v) is 5.44. The van der Waals surface area contributed by atoms with Crippen LogP contribution >= 0.6 is 12.2 Å². The lowest BCUT2D eigenvalue weighted by Crippen LogP contribution is -2.23. The molecule has 0 unspecified atom stereocenters. The highest BCUT2D eigenvalue weighted by molar-refractivity contribution is 7.80. The molecule has 0 amide bonds. The number of ether oxygens (including phenoxy) is 1. The second-order valence-electron chi connectivity index (χ2n) is 3.06. The Bertz CT molecular complexity index is 135. The van der Waals surface area contributed by atoms with Gasteiger partial charge in [-0.3, -0.25) is 0 Å². The highest BCUT2D eigenvalue weighted by Crippen LogP contribution is 2.00. The minimum Gasteiger partial charge on any atom is -0.490 e. The van der Waals surface area contributed by atoms with Crippen molar-refractivity contribution in [3.63, 3.8) is 0 Å². The highest BCUT2D eigenvalue weighted by Gasteiger charge is 1.99. The van der Waals surface area contributed by atoms with Gasteiger partial charge >= 0.3 is 0 Å². The smallest absolute Gasteiger partial charge is 0.159 e. The Kier molecular flexibility index (Phi) is 8.35. The van der Waals surface area contributed by atoms with Gasteiger partial charge in [-0.05, 0) is 44.7 Å². The maximum atomic E-state index is 4.96. The van der Waals surface area contributed by atoms with E-state index in [0.717, 1.165) is 31.0 Å².